The van der Waals surface area contributed by atoms with Gasteiger partial charge in [-0.15, -0.1) is 0 Å². The lowest BCUT2D eigenvalue weighted by atomic mass is 10.3. The summed E-state index contributed by atoms with van der Waals surface area (Å²) < 4.78 is 5.26. The number of hydrogen-bond donors (Lipinski definition) is 3. The maximum atomic E-state index is 11.9. The molecule has 96 valence electrons. The number of nitrogens with one attached hydrogen (secondary N) is 1. The molecule has 19 heavy (non-hydrogen) atoms. The number of nitrogens with zero attached hydrogens (tertiary/aromatic N) is 1. The summed E-state index contributed by atoms with van der Waals surface area (Å²) in [6, 6.07) is 6.33. The fourth-order valence-corrected chi connectivity index (χ4v) is 1.38. The molecule has 0 fully saturated rings. The van der Waals surface area contributed by atoms with Crippen LogP contribution in [0.5, 0.6) is 0 Å². The molecule has 2 heterocycles. The van der Waals surface area contributed by atoms with Crippen LogP contribution in [0.4, 0.5) is 11.5 Å². The molecule has 0 spiro atoms. The van der Waals surface area contributed by atoms with E-state index in [2.05, 4.69) is 22.1 Å². The van der Waals surface area contributed by atoms with Gasteiger partial charge in [0.25, 0.3) is 5.91 Å². The first-order valence-corrected chi connectivity index (χ1v) is 5.50. The van der Waals surface area contributed by atoms with Gasteiger partial charge in [-0.2, -0.15) is 0 Å². The van der Waals surface area contributed by atoms with Gasteiger partial charge < -0.3 is 21.2 Å². The molecule has 0 saturated heterocycles. The lowest BCUT2D eigenvalue weighted by molar-refractivity contribution is 0.0996. The van der Waals surface area contributed by atoms with Gasteiger partial charge in [-0.25, -0.2) is 4.98 Å². The summed E-state index contributed by atoms with van der Waals surface area (Å²) in [4.78, 5) is 15.7. The summed E-state index contributed by atoms with van der Waals surface area (Å²) >= 11 is 0. The van der Waals surface area contributed by atoms with Crippen LogP contribution in [0.3, 0.4) is 0 Å². The number of hydrogen-bond acceptors (Lipinski definition) is 5. The highest BCUT2D eigenvalue weighted by Gasteiger charge is 2.10. The molecule has 0 radical (unpaired) electrons. The number of nitrogen functional groups attached to an aromatic ring is 1. The predicted octanol–water partition coefficient (Wildman–Crippen LogP) is 0.819. The van der Waals surface area contributed by atoms with Crippen LogP contribution in [0.1, 0.15) is 16.3 Å². The van der Waals surface area contributed by atoms with Crippen molar-refractivity contribution in [1.29, 1.82) is 0 Å². The van der Waals surface area contributed by atoms with Gasteiger partial charge in [-0.3, -0.25) is 4.79 Å². The highest BCUT2D eigenvalue weighted by Crippen LogP contribution is 2.12. The number of furan rings is 1. The monoisotopic (exact) mass is 256 g/mol. The van der Waals surface area contributed by atoms with Crippen LogP contribution >= 0.6 is 0 Å². The molecule has 0 saturated carbocycles. The third kappa shape index (κ3) is 3.34. The molecule has 6 nitrogen and oxygen atoms in total. The SMILES string of the molecule is NCC#Cc1ccc(C(=O)Nc2ccnc(N)c2)o1. The van der Waals surface area contributed by atoms with E-state index in [-0.39, 0.29) is 18.2 Å². The number of anilines is 2. The van der Waals surface area contributed by atoms with Gasteiger partial charge in [-0.1, -0.05) is 5.92 Å². The topological polar surface area (TPSA) is 107 Å². The van der Waals surface area contributed by atoms with Crippen molar-refractivity contribution in [2.75, 3.05) is 17.6 Å². The lowest BCUT2D eigenvalue weighted by Crippen LogP contribution is -2.11. The Kier molecular flexibility index (Phi) is 3.81. The average Bonchev–Trinajstić information content (AvgIpc) is 2.85. The number of carbonyl (C=O) groups is 1. The van der Waals surface area contributed by atoms with E-state index in [9.17, 15) is 4.79 Å². The molecule has 2 rings (SSSR count). The van der Waals surface area contributed by atoms with Gasteiger partial charge in [0.1, 0.15) is 5.82 Å². The van der Waals surface area contributed by atoms with Gasteiger partial charge in [0.15, 0.2) is 11.5 Å². The van der Waals surface area contributed by atoms with E-state index in [1.165, 1.54) is 6.20 Å². The third-order valence-electron chi connectivity index (χ3n) is 2.18. The number of amides is 1. The Bertz CT molecular complexity index is 652. The van der Waals surface area contributed by atoms with E-state index < -0.39 is 0 Å². The fourth-order valence-electron chi connectivity index (χ4n) is 1.38. The van der Waals surface area contributed by atoms with Gasteiger partial charge in [0, 0.05) is 18.0 Å². The smallest absolute Gasteiger partial charge is 0.291 e. The molecule has 2 aromatic heterocycles. The van der Waals surface area contributed by atoms with Crippen molar-refractivity contribution in [3.05, 3.63) is 42.0 Å². The number of rotatable bonds is 2. The molecule has 6 heteroatoms. The van der Waals surface area contributed by atoms with Gasteiger partial charge >= 0.3 is 0 Å². The Hall–Kier alpha value is -2.78. The molecule has 0 aromatic carbocycles. The van der Waals surface area contributed by atoms with Crippen molar-refractivity contribution < 1.29 is 9.21 Å². The van der Waals surface area contributed by atoms with Crippen molar-refractivity contribution >= 4 is 17.4 Å². The molecule has 0 aliphatic rings. The largest absolute Gasteiger partial charge is 0.443 e. The molecule has 2 aromatic rings. The zero-order valence-electron chi connectivity index (χ0n) is 10.0. The Morgan fingerprint density at radius 3 is 3.00 bits per heavy atom. The molecule has 5 N–H and O–H groups in total. The van der Waals surface area contributed by atoms with Crippen LogP contribution in [0.25, 0.3) is 0 Å². The molecule has 1 amide bonds. The third-order valence-corrected chi connectivity index (χ3v) is 2.18. The normalized spacial score (nSPS) is 9.53. The van der Waals surface area contributed by atoms with Crippen LogP contribution in [0, 0.1) is 11.8 Å². The maximum Gasteiger partial charge on any atom is 0.291 e. The number of carbonyl (C=O) groups excluding carboxylic acids is 1. The van der Waals surface area contributed by atoms with Gasteiger partial charge in [-0.05, 0) is 24.1 Å². The van der Waals surface area contributed by atoms with Crippen LogP contribution in [0.2, 0.25) is 0 Å². The second-order valence-corrected chi connectivity index (χ2v) is 3.59. The summed E-state index contributed by atoms with van der Waals surface area (Å²) in [5.74, 6) is 5.84. The fraction of sp³-hybridized carbons (Fsp3) is 0.0769. The highest BCUT2D eigenvalue weighted by molar-refractivity contribution is 6.02. The van der Waals surface area contributed by atoms with Crippen molar-refractivity contribution in [3.8, 4) is 11.8 Å². The summed E-state index contributed by atoms with van der Waals surface area (Å²) in [6.45, 7) is 0.235. The molecule has 0 unspecified atom stereocenters. The Labute approximate surface area is 109 Å². The summed E-state index contributed by atoms with van der Waals surface area (Å²) in [7, 11) is 0. The summed E-state index contributed by atoms with van der Waals surface area (Å²) in [5.41, 5.74) is 11.3. The number of pyridine rings is 1. The second kappa shape index (κ2) is 5.71. The van der Waals surface area contributed by atoms with Crippen LogP contribution in [-0.2, 0) is 0 Å². The van der Waals surface area contributed by atoms with E-state index in [4.69, 9.17) is 15.9 Å². The van der Waals surface area contributed by atoms with E-state index in [0.29, 0.717) is 17.3 Å². The Balaban J connectivity index is 2.10. The van der Waals surface area contributed by atoms with Crippen LogP contribution < -0.4 is 16.8 Å². The summed E-state index contributed by atoms with van der Waals surface area (Å²) in [5, 5.41) is 2.64. The number of nitrogens with two attached hydrogens (primary N) is 2. The first kappa shape index (κ1) is 12.7. The summed E-state index contributed by atoms with van der Waals surface area (Å²) in [6.07, 6.45) is 1.51. The van der Waals surface area contributed by atoms with E-state index in [0.717, 1.165) is 0 Å². The van der Waals surface area contributed by atoms with Gasteiger partial charge in [0.2, 0.25) is 0 Å². The average molecular weight is 256 g/mol. The minimum Gasteiger partial charge on any atom is -0.443 e. The standard InChI is InChI=1S/C13H12N4O2/c14-6-1-2-10-3-4-11(19-10)13(18)17-9-5-7-16-12(15)8-9/h3-5,7-8H,6,14H2,(H3,15,16,17,18). The van der Waals surface area contributed by atoms with E-state index in [1.807, 2.05) is 0 Å². The Morgan fingerprint density at radius 2 is 2.26 bits per heavy atom. The zero-order valence-corrected chi connectivity index (χ0v) is 10.0. The molecule has 0 atom stereocenters. The zero-order chi connectivity index (χ0) is 13.7. The lowest BCUT2D eigenvalue weighted by Gasteiger charge is -2.02. The first-order chi connectivity index (χ1) is 9.19. The molecule has 0 aliphatic heterocycles. The first-order valence-electron chi connectivity index (χ1n) is 5.50. The van der Waals surface area contributed by atoms with Crippen molar-refractivity contribution in [2.45, 2.75) is 0 Å². The van der Waals surface area contributed by atoms with Crippen LogP contribution in [-0.4, -0.2) is 17.4 Å². The molecule has 0 aliphatic carbocycles. The van der Waals surface area contributed by atoms with Gasteiger partial charge in [0.05, 0.1) is 6.54 Å². The van der Waals surface area contributed by atoms with Crippen molar-refractivity contribution in [3.63, 3.8) is 0 Å². The van der Waals surface area contributed by atoms with Crippen molar-refractivity contribution in [2.24, 2.45) is 5.73 Å². The Morgan fingerprint density at radius 1 is 1.42 bits per heavy atom. The predicted molar refractivity (Wildman–Crippen MR) is 71.2 cm³/mol. The van der Waals surface area contributed by atoms with Crippen molar-refractivity contribution in [1.82, 2.24) is 4.98 Å². The van der Waals surface area contributed by atoms with E-state index >= 15 is 0 Å². The van der Waals surface area contributed by atoms with Crippen LogP contribution in [0.15, 0.2) is 34.9 Å². The molecular formula is C13H12N4O2. The highest BCUT2D eigenvalue weighted by atomic mass is 16.3. The quantitative estimate of drug-likeness (QED) is 0.689. The minimum absolute atomic E-state index is 0.164. The second-order valence-electron chi connectivity index (χ2n) is 3.59. The maximum absolute atomic E-state index is 11.9. The van der Waals surface area contributed by atoms with E-state index in [1.54, 1.807) is 24.3 Å². The number of aromatic nitrogens is 1. The minimum atomic E-state index is -0.383. The molecular weight excluding hydrogens is 244 g/mol. The molecule has 0 bridgehead atoms.